The number of benzene rings is 1. The van der Waals surface area contributed by atoms with Gasteiger partial charge in [0.1, 0.15) is 5.82 Å². The first kappa shape index (κ1) is 21.1. The van der Waals surface area contributed by atoms with E-state index in [2.05, 4.69) is 9.97 Å². The standard InChI is InChI=1S/C23H22ClF3N4O/c24-15-5-6-19-16(11-15)17-13-31(10-7-20(17)29-19)22(32)14-3-2-9-30(12-14)21-18(23(25,26)27)4-1-8-28-21/h1,4-6,8,11,14,29H,2-3,7,9-10,12-13H2. The fraction of sp³-hybridized carbons (Fsp3) is 0.391. The molecule has 4 heterocycles. The van der Waals surface area contributed by atoms with Crippen LogP contribution in [0.15, 0.2) is 36.5 Å². The fourth-order valence-corrected chi connectivity index (χ4v) is 5.05. The van der Waals surface area contributed by atoms with Gasteiger partial charge in [-0.1, -0.05) is 11.6 Å². The Hall–Kier alpha value is -2.74. The summed E-state index contributed by atoms with van der Waals surface area (Å²) in [5.41, 5.74) is 2.41. The molecule has 5 nitrogen and oxygen atoms in total. The molecule has 2 aliphatic heterocycles. The Bertz CT molecular complexity index is 1180. The van der Waals surface area contributed by atoms with Gasteiger partial charge in [-0.25, -0.2) is 4.98 Å². The van der Waals surface area contributed by atoms with Crippen molar-refractivity contribution in [3.05, 3.63) is 58.4 Å². The number of amides is 1. The molecule has 1 N–H and O–H groups in total. The minimum absolute atomic E-state index is 0.0128. The number of piperidine rings is 1. The highest BCUT2D eigenvalue weighted by molar-refractivity contribution is 6.31. The number of fused-ring (bicyclic) bond motifs is 3. The molecule has 168 valence electrons. The van der Waals surface area contributed by atoms with E-state index in [1.165, 1.54) is 12.3 Å². The summed E-state index contributed by atoms with van der Waals surface area (Å²) in [6.07, 6.45) is -1.11. The van der Waals surface area contributed by atoms with Crippen molar-refractivity contribution in [3.63, 3.8) is 0 Å². The summed E-state index contributed by atoms with van der Waals surface area (Å²) in [5.74, 6) is -0.465. The van der Waals surface area contributed by atoms with E-state index < -0.39 is 11.7 Å². The summed E-state index contributed by atoms with van der Waals surface area (Å²) in [5, 5.41) is 1.65. The zero-order valence-electron chi connectivity index (χ0n) is 17.3. The third-order valence-corrected chi connectivity index (χ3v) is 6.65. The highest BCUT2D eigenvalue weighted by atomic mass is 35.5. The first-order chi connectivity index (χ1) is 15.3. The van der Waals surface area contributed by atoms with E-state index in [-0.39, 0.29) is 24.2 Å². The van der Waals surface area contributed by atoms with Crippen molar-refractivity contribution >= 4 is 34.2 Å². The molecule has 0 spiro atoms. The van der Waals surface area contributed by atoms with Gasteiger partial charge in [0.15, 0.2) is 0 Å². The third kappa shape index (κ3) is 3.81. The van der Waals surface area contributed by atoms with Gasteiger partial charge in [-0.2, -0.15) is 13.2 Å². The summed E-state index contributed by atoms with van der Waals surface area (Å²) in [6.45, 7) is 1.75. The SMILES string of the molecule is O=C(C1CCCN(c2ncccc2C(F)(F)F)C1)N1CCc2[nH]c3ccc(Cl)cc3c2C1. The lowest BCUT2D eigenvalue weighted by atomic mass is 9.94. The lowest BCUT2D eigenvalue weighted by Gasteiger charge is -2.37. The highest BCUT2D eigenvalue weighted by Crippen LogP contribution is 2.37. The number of anilines is 1. The van der Waals surface area contributed by atoms with Gasteiger partial charge < -0.3 is 14.8 Å². The zero-order chi connectivity index (χ0) is 22.5. The third-order valence-electron chi connectivity index (χ3n) is 6.41. The minimum Gasteiger partial charge on any atom is -0.358 e. The number of hydrogen-bond donors (Lipinski definition) is 1. The summed E-state index contributed by atoms with van der Waals surface area (Å²) in [4.78, 5) is 24.2. The van der Waals surface area contributed by atoms with Crippen LogP contribution in [-0.4, -0.2) is 40.4 Å². The molecule has 2 aliphatic rings. The van der Waals surface area contributed by atoms with Gasteiger partial charge in [0, 0.05) is 66.0 Å². The van der Waals surface area contributed by atoms with Crippen LogP contribution in [0.5, 0.6) is 0 Å². The van der Waals surface area contributed by atoms with Crippen LogP contribution in [0.1, 0.15) is 29.7 Å². The lowest BCUT2D eigenvalue weighted by molar-refractivity contribution is -0.137. The molecule has 1 unspecified atom stereocenters. The molecule has 2 aromatic heterocycles. The van der Waals surface area contributed by atoms with Gasteiger partial charge in [0.25, 0.3) is 0 Å². The van der Waals surface area contributed by atoms with Crippen LogP contribution in [0.3, 0.4) is 0 Å². The van der Waals surface area contributed by atoms with Crippen LogP contribution in [0.25, 0.3) is 10.9 Å². The molecule has 9 heteroatoms. The molecule has 1 aromatic carbocycles. The molecule has 1 fully saturated rings. The Kier molecular flexibility index (Phi) is 5.28. The second kappa shape index (κ2) is 7.99. The smallest absolute Gasteiger partial charge is 0.358 e. The molecule has 1 amide bonds. The molecule has 1 saturated heterocycles. The van der Waals surface area contributed by atoms with Crippen LogP contribution in [0, 0.1) is 5.92 Å². The first-order valence-corrected chi connectivity index (χ1v) is 11.0. The Morgan fingerprint density at radius 2 is 2.06 bits per heavy atom. The second-order valence-electron chi connectivity index (χ2n) is 8.44. The van der Waals surface area contributed by atoms with E-state index in [0.29, 0.717) is 43.9 Å². The van der Waals surface area contributed by atoms with Gasteiger partial charge in [0.2, 0.25) is 5.91 Å². The number of rotatable bonds is 2. The van der Waals surface area contributed by atoms with Crippen LogP contribution < -0.4 is 4.90 Å². The average molecular weight is 463 g/mol. The molecule has 3 aromatic rings. The second-order valence-corrected chi connectivity index (χ2v) is 8.88. The average Bonchev–Trinajstić information content (AvgIpc) is 3.15. The van der Waals surface area contributed by atoms with Gasteiger partial charge in [-0.3, -0.25) is 4.79 Å². The normalized spacial score (nSPS) is 19.3. The van der Waals surface area contributed by atoms with Crippen molar-refractivity contribution in [1.29, 1.82) is 0 Å². The number of nitrogens with zero attached hydrogens (tertiary/aromatic N) is 3. The number of nitrogens with one attached hydrogen (secondary N) is 1. The summed E-state index contributed by atoms with van der Waals surface area (Å²) in [7, 11) is 0. The fourth-order valence-electron chi connectivity index (χ4n) is 4.87. The van der Waals surface area contributed by atoms with Crippen LogP contribution in [0.4, 0.5) is 19.0 Å². The van der Waals surface area contributed by atoms with Crippen molar-refractivity contribution < 1.29 is 18.0 Å². The molecular weight excluding hydrogens is 441 g/mol. The number of halogens is 4. The van der Waals surface area contributed by atoms with Gasteiger partial charge in [-0.05, 0) is 43.2 Å². The van der Waals surface area contributed by atoms with Gasteiger partial charge >= 0.3 is 6.18 Å². The van der Waals surface area contributed by atoms with Crippen LogP contribution in [0.2, 0.25) is 5.02 Å². The number of H-pyrrole nitrogens is 1. The number of carbonyl (C=O) groups excluding carboxylic acids is 1. The number of alkyl halides is 3. The monoisotopic (exact) mass is 462 g/mol. The summed E-state index contributed by atoms with van der Waals surface area (Å²) >= 11 is 6.17. The topological polar surface area (TPSA) is 52.2 Å². The van der Waals surface area contributed by atoms with Gasteiger partial charge in [-0.15, -0.1) is 0 Å². The lowest BCUT2D eigenvalue weighted by Crippen LogP contribution is -2.46. The molecule has 0 radical (unpaired) electrons. The highest BCUT2D eigenvalue weighted by Gasteiger charge is 2.38. The van der Waals surface area contributed by atoms with Crippen molar-refractivity contribution in [1.82, 2.24) is 14.9 Å². The predicted molar refractivity (Wildman–Crippen MR) is 117 cm³/mol. The molecular formula is C23H22ClF3N4O. The quantitative estimate of drug-likeness (QED) is 0.580. The van der Waals surface area contributed by atoms with Crippen LogP contribution in [-0.2, 0) is 23.9 Å². The van der Waals surface area contributed by atoms with E-state index in [4.69, 9.17) is 11.6 Å². The van der Waals surface area contributed by atoms with E-state index in [1.807, 2.05) is 23.1 Å². The summed E-state index contributed by atoms with van der Waals surface area (Å²) < 4.78 is 40.4. The maximum absolute atomic E-state index is 13.5. The zero-order valence-corrected chi connectivity index (χ0v) is 18.0. The number of carbonyl (C=O) groups is 1. The van der Waals surface area contributed by atoms with Crippen LogP contribution >= 0.6 is 11.6 Å². The Balaban J connectivity index is 1.36. The molecule has 1 atom stereocenters. The molecule has 0 saturated carbocycles. The van der Waals surface area contributed by atoms with Crippen molar-refractivity contribution in [3.8, 4) is 0 Å². The van der Waals surface area contributed by atoms with E-state index in [9.17, 15) is 18.0 Å². The number of aromatic amines is 1. The Morgan fingerprint density at radius 1 is 1.22 bits per heavy atom. The summed E-state index contributed by atoms with van der Waals surface area (Å²) in [6, 6.07) is 8.01. The number of hydrogen-bond acceptors (Lipinski definition) is 3. The Labute approximate surface area is 188 Å². The maximum Gasteiger partial charge on any atom is 0.419 e. The molecule has 32 heavy (non-hydrogen) atoms. The van der Waals surface area contributed by atoms with E-state index >= 15 is 0 Å². The largest absolute Gasteiger partial charge is 0.419 e. The van der Waals surface area contributed by atoms with Crippen molar-refractivity contribution in [2.24, 2.45) is 5.92 Å². The molecule has 5 rings (SSSR count). The van der Waals surface area contributed by atoms with Gasteiger partial charge in [0.05, 0.1) is 11.5 Å². The predicted octanol–water partition coefficient (Wildman–Crippen LogP) is 5.04. The molecule has 0 bridgehead atoms. The van der Waals surface area contributed by atoms with Crippen molar-refractivity contribution in [2.45, 2.75) is 32.0 Å². The maximum atomic E-state index is 13.5. The minimum atomic E-state index is -4.49. The van der Waals surface area contributed by atoms with E-state index in [0.717, 1.165) is 28.2 Å². The number of aromatic nitrogens is 2. The number of pyridine rings is 1. The van der Waals surface area contributed by atoms with Crippen molar-refractivity contribution in [2.75, 3.05) is 24.5 Å². The first-order valence-electron chi connectivity index (χ1n) is 10.7. The van der Waals surface area contributed by atoms with E-state index in [1.54, 1.807) is 4.90 Å². The molecule has 0 aliphatic carbocycles. The Morgan fingerprint density at radius 3 is 2.88 bits per heavy atom.